The maximum Gasteiger partial charge on any atom is 0.234 e. The number of thioether (sulfide) groups is 1. The Bertz CT molecular complexity index is 790. The summed E-state index contributed by atoms with van der Waals surface area (Å²) < 4.78 is 1.55. The second kappa shape index (κ2) is 7.94. The van der Waals surface area contributed by atoms with Gasteiger partial charge in [0.1, 0.15) is 12.7 Å². The number of aromatic nitrogens is 4. The molecule has 0 saturated heterocycles. The first kappa shape index (κ1) is 16.5. The molecule has 3 rings (SSSR count). The van der Waals surface area contributed by atoms with E-state index >= 15 is 0 Å². The number of hydrogen-bond acceptors (Lipinski definition) is 5. The Balaban J connectivity index is 1.47. The van der Waals surface area contributed by atoms with E-state index in [-0.39, 0.29) is 5.91 Å². The first-order valence-corrected chi connectivity index (χ1v) is 8.67. The Hall–Kier alpha value is -2.38. The summed E-state index contributed by atoms with van der Waals surface area (Å²) in [4.78, 5) is 20.1. The second-order valence-corrected chi connectivity index (χ2v) is 6.33. The summed E-state index contributed by atoms with van der Waals surface area (Å²) in [5.74, 6) is 1.70. The highest BCUT2D eigenvalue weighted by Crippen LogP contribution is 2.16. The largest absolute Gasteiger partial charge is 0.324 e. The molecule has 122 valence electrons. The Morgan fingerprint density at radius 1 is 1.21 bits per heavy atom. The maximum atomic E-state index is 12.0. The van der Waals surface area contributed by atoms with Crippen LogP contribution in [0.3, 0.4) is 0 Å². The molecule has 0 unspecified atom stereocenters. The lowest BCUT2D eigenvalue weighted by Gasteiger charge is -2.06. The summed E-state index contributed by atoms with van der Waals surface area (Å²) in [6.07, 6.45) is 4.60. The van der Waals surface area contributed by atoms with Crippen molar-refractivity contribution in [1.82, 2.24) is 19.7 Å². The highest BCUT2D eigenvalue weighted by atomic mass is 35.5. The standard InChI is InChI=1S/C16H14ClN5OS/c17-13-3-1-12(2-4-13)8-24-9-16(23)21-14-5-6-15(19-7-14)22-11-18-10-20-22/h1-7,10-11H,8-9H2,(H,21,23). The van der Waals surface area contributed by atoms with Crippen molar-refractivity contribution in [3.8, 4) is 5.82 Å². The van der Waals surface area contributed by atoms with Gasteiger partial charge in [-0.2, -0.15) is 5.10 Å². The number of rotatable bonds is 6. The minimum absolute atomic E-state index is 0.0655. The lowest BCUT2D eigenvalue weighted by Crippen LogP contribution is -2.14. The van der Waals surface area contributed by atoms with Crippen molar-refractivity contribution >= 4 is 35.0 Å². The second-order valence-electron chi connectivity index (χ2n) is 4.91. The third-order valence-electron chi connectivity index (χ3n) is 3.10. The smallest absolute Gasteiger partial charge is 0.234 e. The van der Waals surface area contributed by atoms with Gasteiger partial charge < -0.3 is 5.32 Å². The van der Waals surface area contributed by atoms with E-state index in [2.05, 4.69) is 20.4 Å². The number of nitrogens with one attached hydrogen (secondary N) is 1. The minimum atomic E-state index is -0.0655. The number of carbonyl (C=O) groups is 1. The summed E-state index contributed by atoms with van der Waals surface area (Å²) in [6, 6.07) is 11.2. The summed E-state index contributed by atoms with van der Waals surface area (Å²) in [5, 5.41) is 7.53. The first-order chi connectivity index (χ1) is 11.7. The number of nitrogens with zero attached hydrogens (tertiary/aromatic N) is 4. The van der Waals surface area contributed by atoms with E-state index in [9.17, 15) is 4.79 Å². The number of carbonyl (C=O) groups excluding carboxylic acids is 1. The summed E-state index contributed by atoms with van der Waals surface area (Å²) in [7, 11) is 0. The summed E-state index contributed by atoms with van der Waals surface area (Å²) >= 11 is 7.39. The van der Waals surface area contributed by atoms with Crippen LogP contribution in [0, 0.1) is 0 Å². The molecule has 8 heteroatoms. The molecule has 1 aromatic carbocycles. The topological polar surface area (TPSA) is 72.7 Å². The molecule has 0 saturated carbocycles. The molecular weight excluding hydrogens is 346 g/mol. The molecule has 0 radical (unpaired) electrons. The average molecular weight is 360 g/mol. The molecular formula is C16H14ClN5OS. The molecule has 0 fully saturated rings. The van der Waals surface area contributed by atoms with Crippen LogP contribution in [0.4, 0.5) is 5.69 Å². The molecule has 0 aliphatic carbocycles. The number of halogens is 1. The van der Waals surface area contributed by atoms with Crippen molar-refractivity contribution < 1.29 is 4.79 Å². The van der Waals surface area contributed by atoms with Gasteiger partial charge >= 0.3 is 0 Å². The van der Waals surface area contributed by atoms with Crippen LogP contribution < -0.4 is 5.32 Å². The van der Waals surface area contributed by atoms with E-state index in [1.165, 1.54) is 6.33 Å². The summed E-state index contributed by atoms with van der Waals surface area (Å²) in [5.41, 5.74) is 1.78. The number of amides is 1. The van der Waals surface area contributed by atoms with Gasteiger partial charge in [0.15, 0.2) is 5.82 Å². The third-order valence-corrected chi connectivity index (χ3v) is 4.36. The fraction of sp³-hybridized carbons (Fsp3) is 0.125. The van der Waals surface area contributed by atoms with Crippen LogP contribution in [0.5, 0.6) is 0 Å². The van der Waals surface area contributed by atoms with Crippen LogP contribution in [0.15, 0.2) is 55.2 Å². The Morgan fingerprint density at radius 3 is 2.71 bits per heavy atom. The minimum Gasteiger partial charge on any atom is -0.324 e. The van der Waals surface area contributed by atoms with E-state index in [1.807, 2.05) is 24.3 Å². The van der Waals surface area contributed by atoms with Crippen molar-refractivity contribution in [3.05, 3.63) is 65.8 Å². The lowest BCUT2D eigenvalue weighted by molar-refractivity contribution is -0.113. The number of benzene rings is 1. The maximum absolute atomic E-state index is 12.0. The fourth-order valence-electron chi connectivity index (χ4n) is 1.96. The molecule has 0 spiro atoms. The quantitative estimate of drug-likeness (QED) is 0.731. The monoisotopic (exact) mass is 359 g/mol. The van der Waals surface area contributed by atoms with Gasteiger partial charge in [-0.15, -0.1) is 11.8 Å². The molecule has 0 atom stereocenters. The molecule has 6 nitrogen and oxygen atoms in total. The molecule has 3 aromatic rings. The Morgan fingerprint density at radius 2 is 2.04 bits per heavy atom. The fourth-order valence-corrected chi connectivity index (χ4v) is 2.88. The highest BCUT2D eigenvalue weighted by molar-refractivity contribution is 7.99. The van der Waals surface area contributed by atoms with Crippen LogP contribution in [0.2, 0.25) is 5.02 Å². The SMILES string of the molecule is O=C(CSCc1ccc(Cl)cc1)Nc1ccc(-n2cncn2)nc1. The number of pyridine rings is 1. The molecule has 1 amide bonds. The predicted molar refractivity (Wildman–Crippen MR) is 95.4 cm³/mol. The Kier molecular flexibility index (Phi) is 5.45. The van der Waals surface area contributed by atoms with Gasteiger partial charge in [0.25, 0.3) is 0 Å². The Labute approximate surface area is 148 Å². The van der Waals surface area contributed by atoms with E-state index in [0.717, 1.165) is 11.3 Å². The van der Waals surface area contributed by atoms with Gasteiger partial charge in [0, 0.05) is 10.8 Å². The first-order valence-electron chi connectivity index (χ1n) is 7.14. The van der Waals surface area contributed by atoms with Gasteiger partial charge in [-0.3, -0.25) is 4.79 Å². The van der Waals surface area contributed by atoms with E-state index in [0.29, 0.717) is 22.3 Å². The van der Waals surface area contributed by atoms with Crippen molar-refractivity contribution in [3.63, 3.8) is 0 Å². The van der Waals surface area contributed by atoms with Crippen molar-refractivity contribution in [2.24, 2.45) is 0 Å². The normalized spacial score (nSPS) is 10.5. The molecule has 0 aliphatic rings. The van der Waals surface area contributed by atoms with E-state index < -0.39 is 0 Å². The highest BCUT2D eigenvalue weighted by Gasteiger charge is 2.05. The molecule has 0 bridgehead atoms. The zero-order chi connectivity index (χ0) is 16.8. The molecule has 2 heterocycles. The van der Waals surface area contributed by atoms with Crippen LogP contribution in [0.1, 0.15) is 5.56 Å². The summed E-state index contributed by atoms with van der Waals surface area (Å²) in [6.45, 7) is 0. The van der Waals surface area contributed by atoms with Gasteiger partial charge in [0.2, 0.25) is 5.91 Å². The third kappa shape index (κ3) is 4.56. The number of anilines is 1. The molecule has 1 N–H and O–H groups in total. The van der Waals surface area contributed by atoms with Crippen LogP contribution in [-0.2, 0) is 10.5 Å². The molecule has 0 aliphatic heterocycles. The van der Waals surface area contributed by atoms with E-state index in [1.54, 1.807) is 41.1 Å². The predicted octanol–water partition coefficient (Wildman–Crippen LogP) is 3.19. The van der Waals surface area contributed by atoms with Crippen LogP contribution >= 0.6 is 23.4 Å². The van der Waals surface area contributed by atoms with Crippen LogP contribution in [-0.4, -0.2) is 31.4 Å². The zero-order valence-corrected chi connectivity index (χ0v) is 14.2. The lowest BCUT2D eigenvalue weighted by atomic mass is 10.2. The van der Waals surface area contributed by atoms with Gasteiger partial charge in [0.05, 0.1) is 17.6 Å². The van der Waals surface area contributed by atoms with Gasteiger partial charge in [-0.1, -0.05) is 23.7 Å². The van der Waals surface area contributed by atoms with Crippen molar-refractivity contribution in [2.45, 2.75) is 5.75 Å². The molecule has 2 aromatic heterocycles. The molecule has 24 heavy (non-hydrogen) atoms. The average Bonchev–Trinajstić information content (AvgIpc) is 3.12. The van der Waals surface area contributed by atoms with Crippen molar-refractivity contribution in [1.29, 1.82) is 0 Å². The number of hydrogen-bond donors (Lipinski definition) is 1. The van der Waals surface area contributed by atoms with Crippen molar-refractivity contribution in [2.75, 3.05) is 11.1 Å². The van der Waals surface area contributed by atoms with E-state index in [4.69, 9.17) is 11.6 Å². The van der Waals surface area contributed by atoms with Crippen LogP contribution in [0.25, 0.3) is 5.82 Å². The zero-order valence-electron chi connectivity index (χ0n) is 12.6. The van der Waals surface area contributed by atoms with Gasteiger partial charge in [-0.05, 0) is 29.8 Å². The van der Waals surface area contributed by atoms with Gasteiger partial charge in [-0.25, -0.2) is 14.6 Å².